The summed E-state index contributed by atoms with van der Waals surface area (Å²) in [5.41, 5.74) is 1.07. The molecule has 8 nitrogen and oxygen atoms in total. The average Bonchev–Trinajstić information content (AvgIpc) is 3.35. The van der Waals surface area contributed by atoms with E-state index in [0.717, 1.165) is 11.3 Å². The Balaban J connectivity index is 1.80. The number of methoxy groups -OCH3 is 1. The van der Waals surface area contributed by atoms with E-state index in [2.05, 4.69) is 22.4 Å². The van der Waals surface area contributed by atoms with Gasteiger partial charge < -0.3 is 19.7 Å². The molecule has 1 aliphatic rings. The molecule has 3 rings (SSSR count). The molecule has 1 aromatic heterocycles. The van der Waals surface area contributed by atoms with Gasteiger partial charge in [-0.15, -0.1) is 6.42 Å². The van der Waals surface area contributed by atoms with E-state index in [4.69, 9.17) is 15.9 Å². The van der Waals surface area contributed by atoms with Crippen molar-refractivity contribution < 1.29 is 14.3 Å². The van der Waals surface area contributed by atoms with E-state index in [1.165, 1.54) is 0 Å². The monoisotopic (exact) mass is 421 g/mol. The average molecular weight is 422 g/mol. The second-order valence-corrected chi connectivity index (χ2v) is 8.34. The number of nitriles is 1. The Labute approximate surface area is 182 Å². The Morgan fingerprint density at radius 2 is 2.06 bits per heavy atom. The van der Waals surface area contributed by atoms with Gasteiger partial charge in [0.05, 0.1) is 13.2 Å². The molecule has 0 saturated carbocycles. The Bertz CT molecular complexity index is 1020. The molecular weight excluding hydrogens is 394 g/mol. The maximum Gasteiger partial charge on any atom is 0.410 e. The highest BCUT2D eigenvalue weighted by Crippen LogP contribution is 2.30. The minimum Gasteiger partial charge on any atom is -0.497 e. The van der Waals surface area contributed by atoms with E-state index >= 15 is 0 Å². The summed E-state index contributed by atoms with van der Waals surface area (Å²) in [7, 11) is 1.62. The number of carbonyl (C=O) groups excluding carboxylic acids is 1. The van der Waals surface area contributed by atoms with E-state index < -0.39 is 5.60 Å². The van der Waals surface area contributed by atoms with Gasteiger partial charge in [-0.2, -0.15) is 10.4 Å². The van der Waals surface area contributed by atoms with Crippen LogP contribution in [0.1, 0.15) is 50.1 Å². The van der Waals surface area contributed by atoms with Gasteiger partial charge in [0.25, 0.3) is 0 Å². The number of hydrogen-bond donors (Lipinski definition) is 1. The molecule has 1 unspecified atom stereocenters. The van der Waals surface area contributed by atoms with Crippen LogP contribution in [0.3, 0.4) is 0 Å². The van der Waals surface area contributed by atoms with Gasteiger partial charge in [0.15, 0.2) is 5.69 Å². The number of nitrogens with one attached hydrogen (secondary N) is 1. The van der Waals surface area contributed by atoms with Crippen LogP contribution in [0.25, 0.3) is 0 Å². The highest BCUT2D eigenvalue weighted by atomic mass is 16.6. The van der Waals surface area contributed by atoms with Crippen molar-refractivity contribution >= 4 is 11.9 Å². The first-order valence-electron chi connectivity index (χ1n) is 10.1. The number of rotatable bonds is 5. The molecule has 1 N–H and O–H groups in total. The highest BCUT2D eigenvalue weighted by Gasteiger charge is 2.33. The highest BCUT2D eigenvalue weighted by molar-refractivity contribution is 5.68. The van der Waals surface area contributed by atoms with Crippen LogP contribution in [0.5, 0.6) is 5.75 Å². The van der Waals surface area contributed by atoms with Crippen molar-refractivity contribution in [2.75, 3.05) is 25.5 Å². The summed E-state index contributed by atoms with van der Waals surface area (Å²) in [6.07, 6.45) is 5.92. The van der Waals surface area contributed by atoms with Crippen LogP contribution in [0.2, 0.25) is 0 Å². The SMILES string of the molecule is C#Cc1nn(C2CCN(C(=O)OC(C)(C)C)C2)c(NCc2ccc(OC)cc2)c1C#N. The number of aromatic nitrogens is 2. The van der Waals surface area contributed by atoms with E-state index in [1.54, 1.807) is 16.7 Å². The van der Waals surface area contributed by atoms with Gasteiger partial charge in [-0.1, -0.05) is 12.1 Å². The number of nitrogens with zero attached hydrogens (tertiary/aromatic N) is 4. The molecule has 162 valence electrons. The van der Waals surface area contributed by atoms with Crippen LogP contribution in [0.4, 0.5) is 10.6 Å². The molecule has 2 heterocycles. The lowest BCUT2D eigenvalue weighted by Crippen LogP contribution is -2.35. The van der Waals surface area contributed by atoms with Gasteiger partial charge in [0.1, 0.15) is 28.8 Å². The zero-order chi connectivity index (χ0) is 22.6. The molecule has 0 radical (unpaired) electrons. The number of anilines is 1. The molecule has 8 heteroatoms. The van der Waals surface area contributed by atoms with Gasteiger partial charge in [0.2, 0.25) is 0 Å². The van der Waals surface area contributed by atoms with Crippen LogP contribution in [0, 0.1) is 23.7 Å². The summed E-state index contributed by atoms with van der Waals surface area (Å²) < 4.78 is 12.4. The van der Waals surface area contributed by atoms with Crippen molar-refractivity contribution in [2.24, 2.45) is 0 Å². The summed E-state index contributed by atoms with van der Waals surface area (Å²) in [5, 5.41) is 17.5. The van der Waals surface area contributed by atoms with Crippen molar-refractivity contribution in [3.63, 3.8) is 0 Å². The summed E-state index contributed by atoms with van der Waals surface area (Å²) in [6, 6.07) is 9.70. The summed E-state index contributed by atoms with van der Waals surface area (Å²) in [4.78, 5) is 14.1. The van der Waals surface area contributed by atoms with Gasteiger partial charge in [-0.25, -0.2) is 9.48 Å². The van der Waals surface area contributed by atoms with E-state index in [0.29, 0.717) is 37.4 Å². The van der Waals surface area contributed by atoms with E-state index in [1.807, 2.05) is 45.0 Å². The largest absolute Gasteiger partial charge is 0.497 e. The van der Waals surface area contributed by atoms with Gasteiger partial charge in [-0.05, 0) is 50.8 Å². The molecule has 2 aromatic rings. The second kappa shape index (κ2) is 9.01. The number of amides is 1. The number of ether oxygens (including phenoxy) is 2. The third kappa shape index (κ3) is 5.10. The number of hydrogen-bond acceptors (Lipinski definition) is 6. The minimum absolute atomic E-state index is 0.111. The van der Waals surface area contributed by atoms with Crippen LogP contribution in [0.15, 0.2) is 24.3 Å². The molecule has 1 amide bonds. The maximum absolute atomic E-state index is 12.4. The molecule has 31 heavy (non-hydrogen) atoms. The molecule has 1 aliphatic heterocycles. The van der Waals surface area contributed by atoms with Crippen LogP contribution >= 0.6 is 0 Å². The maximum atomic E-state index is 12.4. The van der Waals surface area contributed by atoms with E-state index in [9.17, 15) is 10.1 Å². The Morgan fingerprint density at radius 3 is 2.65 bits per heavy atom. The zero-order valence-corrected chi connectivity index (χ0v) is 18.3. The Morgan fingerprint density at radius 1 is 1.35 bits per heavy atom. The molecule has 1 atom stereocenters. The van der Waals surface area contributed by atoms with Gasteiger partial charge in [0, 0.05) is 19.6 Å². The lowest BCUT2D eigenvalue weighted by molar-refractivity contribution is 0.0288. The number of likely N-dealkylation sites (tertiary alicyclic amines) is 1. The Kier molecular flexibility index (Phi) is 6.41. The molecule has 0 bridgehead atoms. The fourth-order valence-electron chi connectivity index (χ4n) is 3.44. The van der Waals surface area contributed by atoms with Crippen molar-refractivity contribution in [3.8, 4) is 24.2 Å². The van der Waals surface area contributed by atoms with Crippen molar-refractivity contribution in [2.45, 2.75) is 45.4 Å². The summed E-state index contributed by atoms with van der Waals surface area (Å²) in [6.45, 7) is 6.98. The lowest BCUT2D eigenvalue weighted by Gasteiger charge is -2.24. The summed E-state index contributed by atoms with van der Waals surface area (Å²) >= 11 is 0. The van der Waals surface area contributed by atoms with Crippen LogP contribution < -0.4 is 10.1 Å². The lowest BCUT2D eigenvalue weighted by atomic mass is 10.2. The first kappa shape index (κ1) is 22.0. The molecule has 0 spiro atoms. The predicted octanol–water partition coefficient (Wildman–Crippen LogP) is 3.54. The topological polar surface area (TPSA) is 92.4 Å². The fourth-order valence-corrected chi connectivity index (χ4v) is 3.44. The first-order chi connectivity index (χ1) is 14.8. The molecule has 1 fully saturated rings. The minimum atomic E-state index is -0.559. The number of terminal acetylenes is 1. The Hall–Kier alpha value is -3.65. The standard InChI is InChI=1S/C23H27N5O3/c1-6-20-19(13-24)21(25-14-16-7-9-18(30-5)10-8-16)28(26-20)17-11-12-27(15-17)22(29)31-23(2,3)4/h1,7-10,17,25H,11-12,14-15H2,2-5H3. The second-order valence-electron chi connectivity index (χ2n) is 8.34. The quantitative estimate of drug-likeness (QED) is 0.743. The first-order valence-corrected chi connectivity index (χ1v) is 10.1. The van der Waals surface area contributed by atoms with Crippen LogP contribution in [-0.4, -0.2) is 46.6 Å². The number of benzene rings is 1. The molecule has 1 aromatic carbocycles. The zero-order valence-electron chi connectivity index (χ0n) is 18.3. The molecular formula is C23H27N5O3. The normalized spacial score (nSPS) is 15.8. The van der Waals surface area contributed by atoms with Gasteiger partial charge in [-0.3, -0.25) is 0 Å². The summed E-state index contributed by atoms with van der Waals surface area (Å²) in [5.74, 6) is 3.82. The fraction of sp³-hybridized carbons (Fsp3) is 0.435. The van der Waals surface area contributed by atoms with Gasteiger partial charge >= 0.3 is 6.09 Å². The number of carbonyl (C=O) groups is 1. The third-order valence-corrected chi connectivity index (χ3v) is 4.94. The molecule has 0 aliphatic carbocycles. The molecule has 1 saturated heterocycles. The van der Waals surface area contributed by atoms with Crippen molar-refractivity contribution in [3.05, 3.63) is 41.1 Å². The predicted molar refractivity (Wildman–Crippen MR) is 117 cm³/mol. The van der Waals surface area contributed by atoms with Crippen LogP contribution in [-0.2, 0) is 11.3 Å². The van der Waals surface area contributed by atoms with Crippen molar-refractivity contribution in [1.29, 1.82) is 5.26 Å². The smallest absolute Gasteiger partial charge is 0.410 e. The van der Waals surface area contributed by atoms with Crippen molar-refractivity contribution in [1.82, 2.24) is 14.7 Å². The third-order valence-electron chi connectivity index (χ3n) is 4.94. The van der Waals surface area contributed by atoms with E-state index in [-0.39, 0.29) is 17.8 Å².